The number of carbonyl (C=O) groups excluding carboxylic acids is 3. The van der Waals surface area contributed by atoms with Gasteiger partial charge in [-0.15, -0.1) is 23.2 Å². The lowest BCUT2D eigenvalue weighted by molar-refractivity contribution is 0.247. The third kappa shape index (κ3) is 23.1. The van der Waals surface area contributed by atoms with Gasteiger partial charge in [-0.25, -0.2) is 34.3 Å². The minimum atomic E-state index is -0.491. The summed E-state index contributed by atoms with van der Waals surface area (Å²) in [6, 6.07) is 2.56. The van der Waals surface area contributed by atoms with Gasteiger partial charge in [0.15, 0.2) is 0 Å². The van der Waals surface area contributed by atoms with Gasteiger partial charge in [0.2, 0.25) is 17.8 Å². The van der Waals surface area contributed by atoms with Gasteiger partial charge in [0.1, 0.15) is 6.33 Å². The lowest BCUT2D eigenvalue weighted by Gasteiger charge is -2.17. The van der Waals surface area contributed by atoms with Crippen LogP contribution in [0.25, 0.3) is 0 Å². The normalized spacial score (nSPS) is 10.2. The van der Waals surface area contributed by atoms with Crippen molar-refractivity contribution in [3.63, 3.8) is 0 Å². The van der Waals surface area contributed by atoms with Gasteiger partial charge in [-0.3, -0.25) is 49.9 Å². The number of imidazole rings is 1. The molecule has 0 aromatic carbocycles. The number of anilines is 3. The number of carbonyl (C=O) groups is 3. The van der Waals surface area contributed by atoms with E-state index < -0.39 is 18.1 Å². The Morgan fingerprint density at radius 1 is 0.684 bits per heavy atom. The molecule has 0 saturated carbocycles. The fourth-order valence-electron chi connectivity index (χ4n) is 4.15. The first-order valence-corrected chi connectivity index (χ1v) is 18.2. The van der Waals surface area contributed by atoms with E-state index in [1.54, 1.807) is 20.8 Å². The fourth-order valence-corrected chi connectivity index (χ4v) is 4.15. The molecular weight excluding hydrogens is 789 g/mol. The number of nitrogens with one attached hydrogen (secondary N) is 8. The molecule has 0 spiro atoms. The molecule has 0 aliphatic heterocycles. The van der Waals surface area contributed by atoms with Crippen molar-refractivity contribution in [2.24, 2.45) is 11.5 Å². The average Bonchev–Trinajstić information content (AvgIpc) is 3.64. The van der Waals surface area contributed by atoms with Crippen LogP contribution in [0.3, 0.4) is 0 Å². The van der Waals surface area contributed by atoms with Crippen molar-refractivity contribution >= 4 is 59.1 Å². The van der Waals surface area contributed by atoms with Crippen molar-refractivity contribution in [3.05, 3.63) is 85.1 Å². The molecule has 4 aromatic rings. The van der Waals surface area contributed by atoms with Gasteiger partial charge in [0, 0.05) is 100 Å². The van der Waals surface area contributed by atoms with Crippen molar-refractivity contribution < 1.29 is 14.4 Å². The summed E-state index contributed by atoms with van der Waals surface area (Å²) in [7, 11) is 3.85. The van der Waals surface area contributed by atoms with Gasteiger partial charge in [0.25, 0.3) is 16.7 Å². The molecule has 4 aromatic heterocycles. The lowest BCUT2D eigenvalue weighted by Crippen LogP contribution is -2.40. The highest BCUT2D eigenvalue weighted by atomic mass is 35.5. The molecule has 0 fully saturated rings. The van der Waals surface area contributed by atoms with Crippen LogP contribution in [0, 0.1) is 20.8 Å². The van der Waals surface area contributed by atoms with Crippen LogP contribution in [0.15, 0.2) is 51.3 Å². The maximum absolute atomic E-state index is 11.8. The first kappa shape index (κ1) is 49.3. The SMILES string of the molecule is CN(CCN)CCN.Cc1cc(=O)[nH]c(NC(=O)NCCN(C)CCNC(=O)Nc2nc(C)cc(=O)[nH]2)n1.Cc1cc(=O)[nH]c(NC(=O)n2ccnc2)n1.ClCCl. The molecule has 0 atom stereocenters. The number of hydrogen-bond acceptors (Lipinski definition) is 14. The summed E-state index contributed by atoms with van der Waals surface area (Å²) in [4.78, 5) is 96.0. The molecule has 0 aliphatic rings. The molecule has 57 heavy (non-hydrogen) atoms. The largest absolute Gasteiger partial charge is 0.337 e. The number of aryl methyl sites for hydroxylation is 3. The van der Waals surface area contributed by atoms with Gasteiger partial charge in [-0.2, -0.15) is 0 Å². The van der Waals surface area contributed by atoms with Crippen LogP contribution >= 0.6 is 23.2 Å². The summed E-state index contributed by atoms with van der Waals surface area (Å²) >= 11 is 9.53. The van der Waals surface area contributed by atoms with E-state index in [2.05, 4.69) is 66.4 Å². The van der Waals surface area contributed by atoms with Crippen molar-refractivity contribution in [2.75, 3.05) is 87.7 Å². The maximum atomic E-state index is 11.8. The Labute approximate surface area is 337 Å². The van der Waals surface area contributed by atoms with E-state index in [0.29, 0.717) is 43.3 Å². The van der Waals surface area contributed by atoms with Crippen LogP contribution in [0.5, 0.6) is 0 Å². The average molecular weight is 841 g/mol. The Balaban J connectivity index is 0.000000497. The zero-order valence-electron chi connectivity index (χ0n) is 32.3. The number of aromatic nitrogens is 8. The number of likely N-dealkylation sites (N-methyl/N-ethyl adjacent to an activating group) is 2. The van der Waals surface area contributed by atoms with E-state index in [4.69, 9.17) is 34.7 Å². The number of nitrogens with zero attached hydrogens (tertiary/aromatic N) is 7. The van der Waals surface area contributed by atoms with Crippen molar-refractivity contribution in [2.45, 2.75) is 20.8 Å². The molecular formula is C32H51Cl2N17O6. The van der Waals surface area contributed by atoms with Crippen LogP contribution in [-0.2, 0) is 0 Å². The van der Waals surface area contributed by atoms with Gasteiger partial charge in [-0.05, 0) is 34.9 Å². The number of nitrogens with two attached hydrogens (primary N) is 2. The quantitative estimate of drug-likeness (QED) is 0.0790. The van der Waals surface area contributed by atoms with Crippen molar-refractivity contribution in [3.8, 4) is 0 Å². The predicted molar refractivity (Wildman–Crippen MR) is 219 cm³/mol. The first-order valence-electron chi connectivity index (χ1n) is 17.1. The van der Waals surface area contributed by atoms with Gasteiger partial charge < -0.3 is 31.9 Å². The van der Waals surface area contributed by atoms with E-state index in [9.17, 15) is 28.8 Å². The molecule has 0 radical (unpaired) electrons. The van der Waals surface area contributed by atoms with E-state index in [-0.39, 0.29) is 39.9 Å². The van der Waals surface area contributed by atoms with E-state index in [1.165, 1.54) is 41.5 Å². The minimum Gasteiger partial charge on any atom is -0.337 e. The molecule has 0 unspecified atom stereocenters. The minimum absolute atomic E-state index is 0.0745. The Hall–Kier alpha value is -5.72. The molecule has 25 heteroatoms. The zero-order chi connectivity index (χ0) is 42.8. The van der Waals surface area contributed by atoms with Gasteiger partial charge in [-0.1, -0.05) is 0 Å². The Morgan fingerprint density at radius 3 is 1.39 bits per heavy atom. The second-order valence-corrected chi connectivity index (χ2v) is 12.5. The highest BCUT2D eigenvalue weighted by Gasteiger charge is 2.08. The third-order valence-corrected chi connectivity index (χ3v) is 6.62. The van der Waals surface area contributed by atoms with Crippen LogP contribution in [0.4, 0.5) is 32.2 Å². The van der Waals surface area contributed by atoms with Gasteiger partial charge >= 0.3 is 18.1 Å². The first-order chi connectivity index (χ1) is 27.1. The van der Waals surface area contributed by atoms with Crippen LogP contribution in [0.2, 0.25) is 0 Å². The summed E-state index contributed by atoms with van der Waals surface area (Å²) in [5.74, 6) is 0.264. The number of rotatable bonds is 13. The Morgan fingerprint density at radius 2 is 1.05 bits per heavy atom. The second-order valence-electron chi connectivity index (χ2n) is 11.7. The smallest absolute Gasteiger partial charge is 0.333 e. The van der Waals surface area contributed by atoms with Crippen LogP contribution in [0.1, 0.15) is 17.1 Å². The molecule has 23 nitrogen and oxygen atoms in total. The number of aromatic amines is 3. The summed E-state index contributed by atoms with van der Waals surface area (Å²) in [6.07, 6.45) is 4.32. The predicted octanol–water partition coefficient (Wildman–Crippen LogP) is -0.0428. The molecule has 314 valence electrons. The van der Waals surface area contributed by atoms with Crippen LogP contribution in [-0.4, -0.2) is 139 Å². The molecule has 0 aliphatic carbocycles. The topological polar surface area (TPSA) is 325 Å². The number of H-pyrrole nitrogens is 3. The number of urea groups is 2. The van der Waals surface area contributed by atoms with Crippen molar-refractivity contribution in [1.29, 1.82) is 0 Å². The molecule has 0 bridgehead atoms. The number of amides is 5. The maximum Gasteiger partial charge on any atom is 0.333 e. The van der Waals surface area contributed by atoms with E-state index in [1.807, 2.05) is 19.0 Å². The molecule has 4 rings (SSSR count). The monoisotopic (exact) mass is 839 g/mol. The number of halogens is 2. The molecule has 0 saturated heterocycles. The molecule has 5 amide bonds. The van der Waals surface area contributed by atoms with Crippen LogP contribution < -0.4 is 54.7 Å². The van der Waals surface area contributed by atoms with E-state index >= 15 is 0 Å². The highest BCUT2D eigenvalue weighted by molar-refractivity contribution is 6.40. The second kappa shape index (κ2) is 27.8. The summed E-state index contributed by atoms with van der Waals surface area (Å²) in [5, 5.41) is 12.8. The molecule has 12 N–H and O–H groups in total. The van der Waals surface area contributed by atoms with E-state index in [0.717, 1.165) is 26.2 Å². The standard InChI is InChI=1S/C17H25N9O4.C9H9N5O2.C5H15N3.CH2Cl2/c1-10-8-12(27)22-14(20-10)24-16(29)18-4-6-26(3)7-5-19-17(30)25-15-21-11(2)9-13(28)23-15;1-6-4-7(15)12-8(11-6)13-9(16)14-3-2-10-5-14;1-8(4-2-6)5-3-7;2-1-3/h8-9H,4-7H2,1-3H3,(H3,18,20,22,24,27,29)(H3,19,21,23,25,28,30);2-5H,1H3,(H2,11,12,13,15,16);2-7H2,1H3;1H2. The summed E-state index contributed by atoms with van der Waals surface area (Å²) in [6.45, 7) is 10.0. The van der Waals surface area contributed by atoms with Crippen molar-refractivity contribution in [1.82, 2.24) is 59.9 Å². The third-order valence-electron chi connectivity index (χ3n) is 6.62. The Kier molecular flexibility index (Phi) is 24.0. The lowest BCUT2D eigenvalue weighted by atomic mass is 10.4. The number of hydrogen-bond donors (Lipinski definition) is 10. The van der Waals surface area contributed by atoms with Gasteiger partial charge in [0.05, 0.1) is 5.34 Å². The summed E-state index contributed by atoms with van der Waals surface area (Å²) < 4.78 is 1.24. The molecule has 4 heterocycles. The Bertz CT molecular complexity index is 1890. The highest BCUT2D eigenvalue weighted by Crippen LogP contribution is 1.98. The fraction of sp³-hybridized carbons (Fsp3) is 0.438. The zero-order valence-corrected chi connectivity index (χ0v) is 33.8. The number of alkyl halides is 2. The summed E-state index contributed by atoms with van der Waals surface area (Å²) in [5.41, 5.74) is 11.1.